The van der Waals surface area contributed by atoms with Crippen molar-refractivity contribution in [2.75, 3.05) is 0 Å². The number of benzene rings is 1. The maximum Gasteiger partial charge on any atom is 0.0629 e. The molecule has 0 atom stereocenters. The van der Waals surface area contributed by atoms with Crippen LogP contribution in [0, 0.1) is 5.92 Å². The van der Waals surface area contributed by atoms with Crippen LogP contribution in [0.5, 0.6) is 0 Å². The molecule has 0 bridgehead atoms. The Morgan fingerprint density at radius 2 is 1.75 bits per heavy atom. The number of para-hydroxylation sites is 1. The highest BCUT2D eigenvalue weighted by atomic mass is 14.7. The lowest BCUT2D eigenvalue weighted by Crippen LogP contribution is -2.00. The molecule has 1 rings (SSSR count). The van der Waals surface area contributed by atoms with E-state index < -0.39 is 0 Å². The second-order valence-electron chi connectivity index (χ2n) is 3.24. The fourth-order valence-electron chi connectivity index (χ4n) is 0.835. The van der Waals surface area contributed by atoms with Gasteiger partial charge in [-0.1, -0.05) is 32.0 Å². The van der Waals surface area contributed by atoms with E-state index in [9.17, 15) is 0 Å². The Bertz CT molecular complexity index is 260. The molecular formula is C11H15N. The van der Waals surface area contributed by atoms with Gasteiger partial charge in [0.05, 0.1) is 5.69 Å². The van der Waals surface area contributed by atoms with Gasteiger partial charge >= 0.3 is 0 Å². The number of aliphatic imine (C=N–C) groups is 1. The minimum Gasteiger partial charge on any atom is -0.258 e. The van der Waals surface area contributed by atoms with Crippen molar-refractivity contribution in [1.29, 1.82) is 0 Å². The zero-order valence-corrected chi connectivity index (χ0v) is 7.91. The lowest BCUT2D eigenvalue weighted by atomic mass is 10.1. The van der Waals surface area contributed by atoms with Crippen molar-refractivity contribution in [1.82, 2.24) is 0 Å². The predicted octanol–water partition coefficient (Wildman–Crippen LogP) is 3.44. The van der Waals surface area contributed by atoms with Gasteiger partial charge in [0.2, 0.25) is 0 Å². The van der Waals surface area contributed by atoms with Crippen LogP contribution in [0.15, 0.2) is 35.3 Å². The third-order valence-electron chi connectivity index (χ3n) is 1.90. The van der Waals surface area contributed by atoms with Gasteiger partial charge in [-0.25, -0.2) is 0 Å². The van der Waals surface area contributed by atoms with Crippen molar-refractivity contribution < 1.29 is 0 Å². The molecule has 0 fully saturated rings. The number of hydrogen-bond acceptors (Lipinski definition) is 1. The second kappa shape index (κ2) is 4.05. The third kappa shape index (κ3) is 2.50. The minimum atomic E-state index is 0.533. The second-order valence-corrected chi connectivity index (χ2v) is 3.24. The maximum atomic E-state index is 4.48. The number of rotatable bonds is 2. The van der Waals surface area contributed by atoms with Crippen molar-refractivity contribution in [3.8, 4) is 0 Å². The molecule has 0 N–H and O–H groups in total. The van der Waals surface area contributed by atoms with E-state index in [1.54, 1.807) is 0 Å². The van der Waals surface area contributed by atoms with Crippen molar-refractivity contribution >= 4 is 11.4 Å². The van der Waals surface area contributed by atoms with Crippen LogP contribution in [-0.2, 0) is 0 Å². The van der Waals surface area contributed by atoms with E-state index in [0.717, 1.165) is 5.69 Å². The van der Waals surface area contributed by atoms with E-state index in [-0.39, 0.29) is 0 Å². The van der Waals surface area contributed by atoms with Gasteiger partial charge < -0.3 is 0 Å². The molecule has 1 nitrogen and oxygen atoms in total. The topological polar surface area (TPSA) is 12.4 Å². The Kier molecular flexibility index (Phi) is 3.03. The lowest BCUT2D eigenvalue weighted by Gasteiger charge is -2.02. The predicted molar refractivity (Wildman–Crippen MR) is 54.0 cm³/mol. The third-order valence-corrected chi connectivity index (χ3v) is 1.90. The molecule has 1 aromatic rings. The van der Waals surface area contributed by atoms with Crippen LogP contribution in [0.3, 0.4) is 0 Å². The van der Waals surface area contributed by atoms with Gasteiger partial charge in [-0.15, -0.1) is 0 Å². The molecule has 0 spiro atoms. The normalized spacial score (nSPS) is 12.2. The average molecular weight is 161 g/mol. The molecule has 0 aliphatic rings. The van der Waals surface area contributed by atoms with E-state index in [1.807, 2.05) is 30.3 Å². The summed E-state index contributed by atoms with van der Waals surface area (Å²) in [6.45, 7) is 6.38. The summed E-state index contributed by atoms with van der Waals surface area (Å²) < 4.78 is 0. The summed E-state index contributed by atoms with van der Waals surface area (Å²) in [5.74, 6) is 0.533. The van der Waals surface area contributed by atoms with Crippen molar-refractivity contribution in [2.45, 2.75) is 20.8 Å². The highest BCUT2D eigenvalue weighted by Crippen LogP contribution is 2.12. The van der Waals surface area contributed by atoms with Crippen LogP contribution in [0.1, 0.15) is 20.8 Å². The van der Waals surface area contributed by atoms with Gasteiger partial charge in [0.15, 0.2) is 0 Å². The smallest absolute Gasteiger partial charge is 0.0629 e. The molecule has 0 radical (unpaired) electrons. The molecule has 0 aliphatic heterocycles. The van der Waals surface area contributed by atoms with Crippen LogP contribution < -0.4 is 0 Å². The summed E-state index contributed by atoms with van der Waals surface area (Å²) in [5, 5.41) is 0. The standard InChI is InChI=1S/C11H15N/c1-9(2)10(3)12-11-7-5-4-6-8-11/h4-9H,1-3H3/b12-10+. The molecule has 0 aliphatic carbocycles. The molecule has 0 heterocycles. The summed E-state index contributed by atoms with van der Waals surface area (Å²) in [6, 6.07) is 10.1. The van der Waals surface area contributed by atoms with Crippen LogP contribution >= 0.6 is 0 Å². The summed E-state index contributed by atoms with van der Waals surface area (Å²) in [7, 11) is 0. The van der Waals surface area contributed by atoms with Crippen LogP contribution in [-0.4, -0.2) is 5.71 Å². The molecular weight excluding hydrogens is 146 g/mol. The SMILES string of the molecule is C/C(=N\c1ccccc1)C(C)C. The quantitative estimate of drug-likeness (QED) is 0.589. The Morgan fingerprint density at radius 3 is 2.25 bits per heavy atom. The zero-order chi connectivity index (χ0) is 8.97. The van der Waals surface area contributed by atoms with E-state index in [2.05, 4.69) is 25.8 Å². The largest absolute Gasteiger partial charge is 0.258 e. The van der Waals surface area contributed by atoms with E-state index >= 15 is 0 Å². The first-order chi connectivity index (χ1) is 5.70. The maximum absolute atomic E-state index is 4.48. The molecule has 0 amide bonds. The highest BCUT2D eigenvalue weighted by molar-refractivity contribution is 5.86. The molecule has 1 heteroatoms. The number of hydrogen-bond donors (Lipinski definition) is 0. The Labute approximate surface area is 74.2 Å². The fraction of sp³-hybridized carbons (Fsp3) is 0.364. The molecule has 12 heavy (non-hydrogen) atoms. The lowest BCUT2D eigenvalue weighted by molar-refractivity contribution is 0.879. The van der Waals surface area contributed by atoms with Gasteiger partial charge in [-0.05, 0) is 25.0 Å². The summed E-state index contributed by atoms with van der Waals surface area (Å²) in [5.41, 5.74) is 2.23. The minimum absolute atomic E-state index is 0.533. The average Bonchev–Trinajstić information content (AvgIpc) is 2.06. The van der Waals surface area contributed by atoms with E-state index in [0.29, 0.717) is 5.92 Å². The monoisotopic (exact) mass is 161 g/mol. The van der Waals surface area contributed by atoms with Crippen LogP contribution in [0.2, 0.25) is 0 Å². The Hall–Kier alpha value is -1.11. The van der Waals surface area contributed by atoms with E-state index in [1.165, 1.54) is 5.71 Å². The van der Waals surface area contributed by atoms with Crippen molar-refractivity contribution in [3.05, 3.63) is 30.3 Å². The summed E-state index contributed by atoms with van der Waals surface area (Å²) in [6.07, 6.45) is 0. The van der Waals surface area contributed by atoms with E-state index in [4.69, 9.17) is 0 Å². The molecule has 0 unspecified atom stereocenters. The molecule has 0 aromatic heterocycles. The number of nitrogens with zero attached hydrogens (tertiary/aromatic N) is 1. The first-order valence-corrected chi connectivity index (χ1v) is 4.30. The zero-order valence-electron chi connectivity index (χ0n) is 7.91. The van der Waals surface area contributed by atoms with Crippen LogP contribution in [0.4, 0.5) is 5.69 Å². The van der Waals surface area contributed by atoms with Gasteiger partial charge in [0.25, 0.3) is 0 Å². The van der Waals surface area contributed by atoms with Gasteiger partial charge in [-0.2, -0.15) is 0 Å². The molecule has 0 saturated heterocycles. The fourth-order valence-corrected chi connectivity index (χ4v) is 0.835. The molecule has 64 valence electrons. The van der Waals surface area contributed by atoms with Gasteiger partial charge in [-0.3, -0.25) is 4.99 Å². The molecule has 1 aromatic carbocycles. The van der Waals surface area contributed by atoms with Gasteiger partial charge in [0, 0.05) is 5.71 Å². The van der Waals surface area contributed by atoms with Crippen molar-refractivity contribution in [2.24, 2.45) is 10.9 Å². The summed E-state index contributed by atoms with van der Waals surface area (Å²) in [4.78, 5) is 4.48. The Balaban J connectivity index is 2.81. The summed E-state index contributed by atoms with van der Waals surface area (Å²) >= 11 is 0. The van der Waals surface area contributed by atoms with Crippen LogP contribution in [0.25, 0.3) is 0 Å². The first kappa shape index (κ1) is 8.98. The Morgan fingerprint density at radius 1 is 1.17 bits per heavy atom. The van der Waals surface area contributed by atoms with Gasteiger partial charge in [0.1, 0.15) is 0 Å². The first-order valence-electron chi connectivity index (χ1n) is 4.30. The highest BCUT2D eigenvalue weighted by Gasteiger charge is 1.96. The van der Waals surface area contributed by atoms with Crippen molar-refractivity contribution in [3.63, 3.8) is 0 Å². The molecule has 0 saturated carbocycles.